The Morgan fingerprint density at radius 3 is 2.47 bits per heavy atom. The number of amides is 3. The van der Waals surface area contributed by atoms with Gasteiger partial charge in [0.25, 0.3) is 0 Å². The maximum Gasteiger partial charge on any atom is 0.333 e. The largest absolute Gasteiger partial charge is 0.333 e. The molecule has 0 bridgehead atoms. The Morgan fingerprint density at radius 1 is 1.12 bits per heavy atom. The van der Waals surface area contributed by atoms with Crippen molar-refractivity contribution in [1.29, 1.82) is 0 Å². The first-order valence-corrected chi connectivity index (χ1v) is 5.59. The Balaban J connectivity index is 2.20. The van der Waals surface area contributed by atoms with E-state index >= 15 is 0 Å². The molecule has 92 valence electrons. The molecule has 3 N–H and O–H groups in total. The molecule has 0 unspecified atom stereocenters. The van der Waals surface area contributed by atoms with Crippen molar-refractivity contribution >= 4 is 11.9 Å². The second-order valence-electron chi connectivity index (χ2n) is 3.59. The van der Waals surface area contributed by atoms with E-state index in [4.69, 9.17) is 0 Å². The van der Waals surface area contributed by atoms with Gasteiger partial charge in [-0.2, -0.15) is 0 Å². The topological polar surface area (TPSA) is 70.2 Å². The van der Waals surface area contributed by atoms with Gasteiger partial charge in [-0.15, -0.1) is 0 Å². The lowest BCUT2D eigenvalue weighted by molar-refractivity contribution is -0.121. The van der Waals surface area contributed by atoms with Crippen LogP contribution in [0.3, 0.4) is 0 Å². The van der Waals surface area contributed by atoms with Gasteiger partial charge in [-0.3, -0.25) is 10.2 Å². The van der Waals surface area contributed by atoms with E-state index in [0.29, 0.717) is 13.0 Å². The van der Waals surface area contributed by atoms with Crippen molar-refractivity contribution in [3.63, 3.8) is 0 Å². The number of rotatable bonds is 4. The molecule has 0 spiro atoms. The maximum absolute atomic E-state index is 11.3. The molecule has 1 aromatic carbocycles. The highest BCUT2D eigenvalue weighted by Crippen LogP contribution is 1.96. The van der Waals surface area contributed by atoms with Crippen LogP contribution in [-0.4, -0.2) is 11.9 Å². The van der Waals surface area contributed by atoms with Gasteiger partial charge in [0.1, 0.15) is 0 Å². The predicted octanol–water partition coefficient (Wildman–Crippen LogP) is 1.32. The number of hydrogen-bond donors (Lipinski definition) is 3. The van der Waals surface area contributed by atoms with Gasteiger partial charge in [-0.1, -0.05) is 37.3 Å². The lowest BCUT2D eigenvalue weighted by Gasteiger charge is -2.08. The summed E-state index contributed by atoms with van der Waals surface area (Å²) in [6, 6.07) is 9.12. The molecule has 0 saturated carbocycles. The van der Waals surface area contributed by atoms with Gasteiger partial charge in [0, 0.05) is 13.0 Å². The van der Waals surface area contributed by atoms with Crippen molar-refractivity contribution in [2.75, 3.05) is 0 Å². The second-order valence-corrected chi connectivity index (χ2v) is 3.59. The van der Waals surface area contributed by atoms with Crippen molar-refractivity contribution in [3.8, 4) is 0 Å². The minimum absolute atomic E-state index is 0.192. The number of benzene rings is 1. The molecule has 1 aromatic rings. The fourth-order valence-electron chi connectivity index (χ4n) is 1.24. The normalized spacial score (nSPS) is 9.47. The quantitative estimate of drug-likeness (QED) is 0.689. The average Bonchev–Trinajstić information content (AvgIpc) is 2.35. The van der Waals surface area contributed by atoms with Crippen LogP contribution in [0.2, 0.25) is 0 Å². The SMILES string of the molecule is CCCC(=O)NNC(=O)NCc1ccccc1. The lowest BCUT2D eigenvalue weighted by atomic mass is 10.2. The van der Waals surface area contributed by atoms with Crippen molar-refractivity contribution in [2.24, 2.45) is 0 Å². The van der Waals surface area contributed by atoms with E-state index < -0.39 is 6.03 Å². The maximum atomic E-state index is 11.3. The van der Waals surface area contributed by atoms with E-state index in [9.17, 15) is 9.59 Å². The highest BCUT2D eigenvalue weighted by molar-refractivity contribution is 5.80. The van der Waals surface area contributed by atoms with Crippen LogP contribution >= 0.6 is 0 Å². The Labute approximate surface area is 101 Å². The molecule has 1 rings (SSSR count). The van der Waals surface area contributed by atoms with E-state index in [2.05, 4.69) is 16.2 Å². The molecule has 0 fully saturated rings. The Bertz CT molecular complexity index is 365. The number of carbonyl (C=O) groups is 2. The monoisotopic (exact) mass is 235 g/mol. The minimum atomic E-state index is -0.418. The Kier molecular flexibility index (Phi) is 5.57. The van der Waals surface area contributed by atoms with Crippen LogP contribution in [0.25, 0.3) is 0 Å². The number of hydrogen-bond acceptors (Lipinski definition) is 2. The highest BCUT2D eigenvalue weighted by atomic mass is 16.2. The van der Waals surface area contributed by atoms with Gasteiger partial charge >= 0.3 is 6.03 Å². The van der Waals surface area contributed by atoms with Gasteiger partial charge in [0.15, 0.2) is 0 Å². The van der Waals surface area contributed by atoms with Crippen molar-refractivity contribution < 1.29 is 9.59 Å². The molecule has 0 radical (unpaired) electrons. The third-order valence-electron chi connectivity index (χ3n) is 2.09. The standard InChI is InChI=1S/C12H17N3O2/c1-2-6-11(16)14-15-12(17)13-9-10-7-4-3-5-8-10/h3-5,7-8H,2,6,9H2,1H3,(H,14,16)(H2,13,15,17). The zero-order valence-corrected chi connectivity index (χ0v) is 9.82. The van der Waals surface area contributed by atoms with Gasteiger partial charge in [0.2, 0.25) is 5.91 Å². The molecule has 0 saturated heterocycles. The number of carbonyl (C=O) groups excluding carboxylic acids is 2. The molecule has 0 aliphatic heterocycles. The zero-order chi connectivity index (χ0) is 12.5. The summed E-state index contributed by atoms with van der Waals surface area (Å²) in [6.07, 6.45) is 1.15. The molecule has 0 aliphatic carbocycles. The van der Waals surface area contributed by atoms with Crippen LogP contribution in [0.15, 0.2) is 30.3 Å². The number of urea groups is 1. The fourth-order valence-corrected chi connectivity index (χ4v) is 1.24. The average molecular weight is 235 g/mol. The first-order chi connectivity index (χ1) is 8.22. The first-order valence-electron chi connectivity index (χ1n) is 5.59. The third-order valence-corrected chi connectivity index (χ3v) is 2.09. The zero-order valence-electron chi connectivity index (χ0n) is 9.82. The molecule has 0 atom stereocenters. The van der Waals surface area contributed by atoms with Crippen LogP contribution in [0.4, 0.5) is 4.79 Å². The molecular weight excluding hydrogens is 218 g/mol. The van der Waals surface area contributed by atoms with Crippen LogP contribution in [0.5, 0.6) is 0 Å². The van der Waals surface area contributed by atoms with E-state index in [1.165, 1.54) is 0 Å². The molecule has 3 amide bonds. The summed E-state index contributed by atoms with van der Waals surface area (Å²) in [5.74, 6) is -0.192. The fraction of sp³-hybridized carbons (Fsp3) is 0.333. The molecule has 0 heterocycles. The van der Waals surface area contributed by atoms with Crippen LogP contribution in [-0.2, 0) is 11.3 Å². The second kappa shape index (κ2) is 7.27. The number of nitrogens with one attached hydrogen (secondary N) is 3. The molecule has 5 heteroatoms. The van der Waals surface area contributed by atoms with Gasteiger partial charge in [-0.05, 0) is 12.0 Å². The summed E-state index contributed by atoms with van der Waals surface area (Å²) in [4.78, 5) is 22.4. The van der Waals surface area contributed by atoms with Crippen molar-refractivity contribution in [3.05, 3.63) is 35.9 Å². The summed E-state index contributed by atoms with van der Waals surface area (Å²) >= 11 is 0. The summed E-state index contributed by atoms with van der Waals surface area (Å²) in [7, 11) is 0. The van der Waals surface area contributed by atoms with E-state index in [-0.39, 0.29) is 5.91 Å². The molecule has 17 heavy (non-hydrogen) atoms. The van der Waals surface area contributed by atoms with E-state index in [1.807, 2.05) is 37.3 Å². The summed E-state index contributed by atoms with van der Waals surface area (Å²) in [6.45, 7) is 2.32. The summed E-state index contributed by atoms with van der Waals surface area (Å²) in [5, 5.41) is 2.63. The van der Waals surface area contributed by atoms with E-state index in [0.717, 1.165) is 12.0 Å². The number of hydrazine groups is 1. The van der Waals surface area contributed by atoms with Crippen LogP contribution in [0, 0.1) is 0 Å². The third kappa shape index (κ3) is 5.55. The smallest absolute Gasteiger partial charge is 0.333 e. The van der Waals surface area contributed by atoms with Crippen molar-refractivity contribution in [2.45, 2.75) is 26.3 Å². The summed E-state index contributed by atoms with van der Waals surface area (Å²) in [5.41, 5.74) is 5.61. The predicted molar refractivity (Wildman–Crippen MR) is 64.9 cm³/mol. The molecule has 0 aromatic heterocycles. The molecule has 5 nitrogen and oxygen atoms in total. The van der Waals surface area contributed by atoms with Gasteiger partial charge in [0.05, 0.1) is 0 Å². The molecule has 0 aliphatic rings. The summed E-state index contributed by atoms with van der Waals surface area (Å²) < 4.78 is 0. The van der Waals surface area contributed by atoms with Gasteiger partial charge < -0.3 is 5.32 Å². The van der Waals surface area contributed by atoms with Crippen LogP contribution in [0.1, 0.15) is 25.3 Å². The van der Waals surface area contributed by atoms with Crippen LogP contribution < -0.4 is 16.2 Å². The van der Waals surface area contributed by atoms with Gasteiger partial charge in [-0.25, -0.2) is 10.2 Å². The molecular formula is C12H17N3O2. The first kappa shape index (κ1) is 13.0. The Morgan fingerprint density at radius 2 is 1.82 bits per heavy atom. The highest BCUT2D eigenvalue weighted by Gasteiger charge is 2.02. The minimum Gasteiger partial charge on any atom is -0.333 e. The van der Waals surface area contributed by atoms with E-state index in [1.54, 1.807) is 0 Å². The lowest BCUT2D eigenvalue weighted by Crippen LogP contribution is -2.46. The van der Waals surface area contributed by atoms with Crippen molar-refractivity contribution in [1.82, 2.24) is 16.2 Å². The Hall–Kier alpha value is -2.04.